The molecule has 3 rings (SSSR count). The molecule has 2 aromatic rings. The predicted molar refractivity (Wildman–Crippen MR) is 99.9 cm³/mol. The van der Waals surface area contributed by atoms with Crippen LogP contribution in [0.5, 0.6) is 0 Å². The van der Waals surface area contributed by atoms with E-state index in [2.05, 4.69) is 15.6 Å². The number of piperazine rings is 1. The summed E-state index contributed by atoms with van der Waals surface area (Å²) in [5.74, 6) is -0.727. The van der Waals surface area contributed by atoms with Gasteiger partial charge in [-0.2, -0.15) is 13.2 Å². The largest absolute Gasteiger partial charge is 0.449 e. The van der Waals surface area contributed by atoms with Crippen LogP contribution in [-0.2, 0) is 0 Å². The first-order valence-electron chi connectivity index (χ1n) is 8.01. The number of aryl methyl sites for hydroxylation is 1. The smallest absolute Gasteiger partial charge is 0.405 e. The molecule has 1 fully saturated rings. The number of pyridine rings is 1. The second-order valence-electron chi connectivity index (χ2n) is 6.00. The van der Waals surface area contributed by atoms with E-state index in [9.17, 15) is 18.0 Å². The van der Waals surface area contributed by atoms with Crippen LogP contribution in [0.2, 0.25) is 0 Å². The van der Waals surface area contributed by atoms with Crippen molar-refractivity contribution in [3.8, 4) is 0 Å². The quantitative estimate of drug-likeness (QED) is 0.782. The fourth-order valence-corrected chi connectivity index (χ4v) is 2.86. The molecule has 0 bridgehead atoms. The van der Waals surface area contributed by atoms with Crippen LogP contribution in [0.3, 0.4) is 0 Å². The average Bonchev–Trinajstić information content (AvgIpc) is 2.98. The van der Waals surface area contributed by atoms with E-state index < -0.39 is 24.7 Å². The lowest BCUT2D eigenvalue weighted by Gasteiger charge is -2.35. The van der Waals surface area contributed by atoms with Crippen LogP contribution in [0, 0.1) is 6.92 Å². The molecule has 3 heterocycles. The van der Waals surface area contributed by atoms with E-state index in [0.29, 0.717) is 24.2 Å². The monoisotopic (exact) mass is 428 g/mol. The summed E-state index contributed by atoms with van der Waals surface area (Å²) < 4.78 is 45.3. The lowest BCUT2D eigenvalue weighted by molar-refractivity contribution is -0.183. The fraction of sp³-hybridized carbons (Fsp3) is 0.500. The molecule has 6 nitrogen and oxygen atoms in total. The molecule has 1 aliphatic rings. The lowest BCUT2D eigenvalue weighted by atomic mass is 10.2. The van der Waals surface area contributed by atoms with Gasteiger partial charge >= 0.3 is 6.18 Å². The number of halogens is 5. The lowest BCUT2D eigenvalue weighted by Crippen LogP contribution is -2.57. The van der Waals surface area contributed by atoms with Crippen LogP contribution < -0.4 is 10.6 Å². The molecule has 152 valence electrons. The molecule has 0 spiro atoms. The van der Waals surface area contributed by atoms with Gasteiger partial charge in [0.05, 0.1) is 0 Å². The maximum absolute atomic E-state index is 13.3. The van der Waals surface area contributed by atoms with Crippen LogP contribution >= 0.6 is 24.8 Å². The second kappa shape index (κ2) is 9.59. The molecule has 0 aromatic carbocycles. The minimum absolute atomic E-state index is 0. The van der Waals surface area contributed by atoms with Gasteiger partial charge in [-0.25, -0.2) is 4.98 Å². The summed E-state index contributed by atoms with van der Waals surface area (Å²) in [4.78, 5) is 17.7. The number of aromatic nitrogens is 1. The van der Waals surface area contributed by atoms with E-state index in [0.717, 1.165) is 5.69 Å². The molecule has 0 radical (unpaired) electrons. The highest BCUT2D eigenvalue weighted by atomic mass is 35.5. The molecular formula is C16H21Cl2F3N4O2. The third kappa shape index (κ3) is 5.71. The van der Waals surface area contributed by atoms with Crippen molar-refractivity contribution in [1.82, 2.24) is 20.5 Å². The minimum atomic E-state index is -4.42. The summed E-state index contributed by atoms with van der Waals surface area (Å²) in [7, 11) is 0. The normalized spacial score (nSPS) is 16.3. The maximum Gasteiger partial charge on any atom is 0.405 e. The summed E-state index contributed by atoms with van der Waals surface area (Å²) >= 11 is 0. The average molecular weight is 429 g/mol. The number of amides is 1. The first-order valence-corrected chi connectivity index (χ1v) is 8.01. The number of alkyl halides is 3. The number of hydrogen-bond donors (Lipinski definition) is 2. The molecule has 1 unspecified atom stereocenters. The maximum atomic E-state index is 13.3. The van der Waals surface area contributed by atoms with Crippen LogP contribution in [-0.4, -0.2) is 60.7 Å². The van der Waals surface area contributed by atoms with Gasteiger partial charge in [-0.05, 0) is 19.1 Å². The molecule has 0 saturated carbocycles. The highest BCUT2D eigenvalue weighted by Gasteiger charge is 2.43. The van der Waals surface area contributed by atoms with Crippen molar-refractivity contribution in [3.05, 3.63) is 29.7 Å². The SMILES string of the molecule is Cc1ccc2oc(C(=O)NCC(N3CCNCC3)C(F)(F)F)cc2n1.Cl.Cl. The standard InChI is InChI=1S/C16H19F3N4O2.2ClH/c1-10-2-3-12-11(22-10)8-13(25-12)15(24)21-9-14(16(17,18)19)23-6-4-20-5-7-23;;/h2-3,8,14,20H,4-7,9H2,1H3,(H,21,24);2*1H. The number of fused-ring (bicyclic) bond motifs is 1. The molecular weight excluding hydrogens is 408 g/mol. The zero-order valence-electron chi connectivity index (χ0n) is 14.5. The Bertz CT molecular complexity index is 764. The Hall–Kier alpha value is -1.55. The Morgan fingerprint density at radius 1 is 1.33 bits per heavy atom. The Labute approximate surface area is 166 Å². The Kier molecular flexibility index (Phi) is 8.34. The van der Waals surface area contributed by atoms with E-state index in [1.54, 1.807) is 19.1 Å². The number of furan rings is 1. The van der Waals surface area contributed by atoms with Crippen molar-refractivity contribution in [2.75, 3.05) is 32.7 Å². The van der Waals surface area contributed by atoms with Crippen molar-refractivity contribution in [2.45, 2.75) is 19.1 Å². The number of carbonyl (C=O) groups excluding carboxylic acids is 1. The van der Waals surface area contributed by atoms with Crippen molar-refractivity contribution in [1.29, 1.82) is 0 Å². The molecule has 27 heavy (non-hydrogen) atoms. The number of nitrogens with one attached hydrogen (secondary N) is 2. The molecule has 2 aromatic heterocycles. The highest BCUT2D eigenvalue weighted by molar-refractivity contribution is 5.95. The second-order valence-corrected chi connectivity index (χ2v) is 6.00. The Balaban J connectivity index is 0.00000182. The molecule has 1 amide bonds. The topological polar surface area (TPSA) is 70.4 Å². The third-order valence-corrected chi connectivity index (χ3v) is 4.16. The minimum Gasteiger partial charge on any atom is -0.449 e. The number of hydrogen-bond acceptors (Lipinski definition) is 5. The third-order valence-electron chi connectivity index (χ3n) is 4.16. The summed E-state index contributed by atoms with van der Waals surface area (Å²) in [6, 6.07) is 3.12. The summed E-state index contributed by atoms with van der Waals surface area (Å²) in [5, 5.41) is 5.35. The number of nitrogens with zero attached hydrogens (tertiary/aromatic N) is 2. The predicted octanol–water partition coefficient (Wildman–Crippen LogP) is 2.55. The number of rotatable bonds is 4. The highest BCUT2D eigenvalue weighted by Crippen LogP contribution is 2.25. The molecule has 0 aliphatic carbocycles. The molecule has 1 aliphatic heterocycles. The van der Waals surface area contributed by atoms with E-state index in [1.807, 2.05) is 0 Å². The van der Waals surface area contributed by atoms with Crippen molar-refractivity contribution in [2.24, 2.45) is 0 Å². The van der Waals surface area contributed by atoms with Crippen molar-refractivity contribution >= 4 is 41.8 Å². The van der Waals surface area contributed by atoms with Gasteiger partial charge in [-0.15, -0.1) is 24.8 Å². The fourth-order valence-electron chi connectivity index (χ4n) is 2.86. The zero-order valence-corrected chi connectivity index (χ0v) is 16.1. The summed E-state index contributed by atoms with van der Waals surface area (Å²) in [6.45, 7) is 2.84. The summed E-state index contributed by atoms with van der Waals surface area (Å²) in [6.07, 6.45) is -4.42. The van der Waals surface area contributed by atoms with Gasteiger partial charge in [0.15, 0.2) is 11.3 Å². The van der Waals surface area contributed by atoms with E-state index in [-0.39, 0.29) is 43.7 Å². The van der Waals surface area contributed by atoms with Gasteiger partial charge in [0.2, 0.25) is 0 Å². The van der Waals surface area contributed by atoms with Crippen molar-refractivity contribution < 1.29 is 22.4 Å². The Morgan fingerprint density at radius 2 is 2.00 bits per heavy atom. The van der Waals surface area contributed by atoms with Gasteiger partial charge in [0, 0.05) is 44.5 Å². The van der Waals surface area contributed by atoms with Crippen LogP contribution in [0.15, 0.2) is 22.6 Å². The van der Waals surface area contributed by atoms with Gasteiger partial charge in [-0.1, -0.05) is 0 Å². The van der Waals surface area contributed by atoms with Gasteiger partial charge < -0.3 is 15.1 Å². The van der Waals surface area contributed by atoms with E-state index in [4.69, 9.17) is 4.42 Å². The zero-order chi connectivity index (χ0) is 18.0. The molecule has 1 atom stereocenters. The first-order chi connectivity index (χ1) is 11.8. The number of carbonyl (C=O) groups is 1. The first kappa shape index (κ1) is 23.5. The molecule has 11 heteroatoms. The van der Waals surface area contributed by atoms with Crippen LogP contribution in [0.25, 0.3) is 11.1 Å². The Morgan fingerprint density at radius 3 is 2.63 bits per heavy atom. The van der Waals surface area contributed by atoms with Gasteiger partial charge in [0.25, 0.3) is 5.91 Å². The molecule has 1 saturated heterocycles. The van der Waals surface area contributed by atoms with Gasteiger partial charge in [-0.3, -0.25) is 9.69 Å². The van der Waals surface area contributed by atoms with Crippen LogP contribution in [0.4, 0.5) is 13.2 Å². The van der Waals surface area contributed by atoms with Crippen molar-refractivity contribution in [3.63, 3.8) is 0 Å². The van der Waals surface area contributed by atoms with Crippen LogP contribution in [0.1, 0.15) is 16.2 Å². The van der Waals surface area contributed by atoms with E-state index in [1.165, 1.54) is 11.0 Å². The molecule has 2 N–H and O–H groups in total. The van der Waals surface area contributed by atoms with Gasteiger partial charge in [0.1, 0.15) is 11.6 Å². The van der Waals surface area contributed by atoms with E-state index >= 15 is 0 Å². The summed E-state index contributed by atoms with van der Waals surface area (Å²) in [5.41, 5.74) is 1.68.